The Kier molecular flexibility index (Phi) is 4.72. The Labute approximate surface area is 122 Å². The zero-order valence-electron chi connectivity index (χ0n) is 11.9. The minimum absolute atomic E-state index is 0.0969. The van der Waals surface area contributed by atoms with E-state index in [1.54, 1.807) is 31.4 Å². The van der Waals surface area contributed by atoms with Gasteiger partial charge in [0.25, 0.3) is 5.69 Å². The molecule has 6 nitrogen and oxygen atoms in total. The second-order valence-corrected chi connectivity index (χ2v) is 4.89. The standard InChI is InChI=1S/C15H18N2O4/c1-10-12(5-3-6-14(10)17(19)20)11(2)16-13(9-18)15-7-4-8-21-15/h3-8,11,13,16,18H,9H2,1-2H3. The second-order valence-electron chi connectivity index (χ2n) is 4.89. The number of nitro benzene ring substituents is 1. The molecule has 2 atom stereocenters. The first-order chi connectivity index (χ1) is 10.0. The Balaban J connectivity index is 2.22. The van der Waals surface area contributed by atoms with Crippen molar-refractivity contribution in [3.8, 4) is 0 Å². The van der Waals surface area contributed by atoms with Gasteiger partial charge < -0.3 is 9.52 Å². The van der Waals surface area contributed by atoms with Crippen LogP contribution in [0.5, 0.6) is 0 Å². The van der Waals surface area contributed by atoms with Gasteiger partial charge in [-0.25, -0.2) is 0 Å². The van der Waals surface area contributed by atoms with Crippen LogP contribution in [0, 0.1) is 17.0 Å². The number of nitro groups is 1. The van der Waals surface area contributed by atoms with E-state index in [-0.39, 0.29) is 29.3 Å². The van der Waals surface area contributed by atoms with Crippen molar-refractivity contribution in [2.45, 2.75) is 25.9 Å². The van der Waals surface area contributed by atoms with Gasteiger partial charge in [0, 0.05) is 17.7 Å². The fourth-order valence-corrected chi connectivity index (χ4v) is 2.41. The van der Waals surface area contributed by atoms with Gasteiger partial charge in [0.2, 0.25) is 0 Å². The molecule has 0 aliphatic carbocycles. The Bertz CT molecular complexity index is 610. The van der Waals surface area contributed by atoms with Gasteiger partial charge in [0.05, 0.1) is 23.8 Å². The maximum Gasteiger partial charge on any atom is 0.272 e. The molecule has 0 saturated carbocycles. The number of furan rings is 1. The molecule has 0 aliphatic heterocycles. The summed E-state index contributed by atoms with van der Waals surface area (Å²) in [4.78, 5) is 10.6. The lowest BCUT2D eigenvalue weighted by atomic mass is 10.00. The van der Waals surface area contributed by atoms with Gasteiger partial charge in [0.1, 0.15) is 5.76 Å². The van der Waals surface area contributed by atoms with E-state index in [2.05, 4.69) is 5.32 Å². The van der Waals surface area contributed by atoms with E-state index in [1.165, 1.54) is 6.07 Å². The van der Waals surface area contributed by atoms with E-state index >= 15 is 0 Å². The topological polar surface area (TPSA) is 88.5 Å². The quantitative estimate of drug-likeness (QED) is 0.631. The molecule has 1 aromatic heterocycles. The van der Waals surface area contributed by atoms with Gasteiger partial charge in [0.15, 0.2) is 0 Å². The van der Waals surface area contributed by atoms with Gasteiger partial charge in [-0.3, -0.25) is 15.4 Å². The van der Waals surface area contributed by atoms with E-state index < -0.39 is 0 Å². The number of hydrogen-bond donors (Lipinski definition) is 2. The molecule has 2 N–H and O–H groups in total. The molecule has 1 heterocycles. The van der Waals surface area contributed by atoms with E-state index in [0.29, 0.717) is 11.3 Å². The normalized spacial score (nSPS) is 13.9. The van der Waals surface area contributed by atoms with Crippen LogP contribution in [0.4, 0.5) is 5.69 Å². The molecule has 0 saturated heterocycles. The van der Waals surface area contributed by atoms with Crippen LogP contribution in [0.25, 0.3) is 0 Å². The van der Waals surface area contributed by atoms with E-state index in [0.717, 1.165) is 5.56 Å². The molecule has 0 fully saturated rings. The van der Waals surface area contributed by atoms with Crippen molar-refractivity contribution in [3.05, 3.63) is 63.6 Å². The third-order valence-corrected chi connectivity index (χ3v) is 3.53. The minimum Gasteiger partial charge on any atom is -0.468 e. The van der Waals surface area contributed by atoms with Gasteiger partial charge in [-0.1, -0.05) is 12.1 Å². The molecule has 0 aliphatic rings. The molecule has 0 radical (unpaired) electrons. The van der Waals surface area contributed by atoms with Crippen LogP contribution in [0.2, 0.25) is 0 Å². The fourth-order valence-electron chi connectivity index (χ4n) is 2.41. The summed E-state index contributed by atoms with van der Waals surface area (Å²) in [6.07, 6.45) is 1.54. The van der Waals surface area contributed by atoms with Crippen LogP contribution in [0.3, 0.4) is 0 Å². The Morgan fingerprint density at radius 3 is 2.71 bits per heavy atom. The third-order valence-electron chi connectivity index (χ3n) is 3.53. The van der Waals surface area contributed by atoms with E-state index in [4.69, 9.17) is 4.42 Å². The number of hydrogen-bond acceptors (Lipinski definition) is 5. The Morgan fingerprint density at radius 2 is 2.14 bits per heavy atom. The van der Waals surface area contributed by atoms with Gasteiger partial charge in [-0.05, 0) is 31.5 Å². The maximum absolute atomic E-state index is 11.0. The van der Waals surface area contributed by atoms with Crippen molar-refractivity contribution < 1.29 is 14.4 Å². The first-order valence-electron chi connectivity index (χ1n) is 6.68. The highest BCUT2D eigenvalue weighted by Gasteiger charge is 2.21. The monoisotopic (exact) mass is 290 g/mol. The van der Waals surface area contributed by atoms with Crippen LogP contribution in [-0.4, -0.2) is 16.6 Å². The summed E-state index contributed by atoms with van der Waals surface area (Å²) >= 11 is 0. The molecule has 112 valence electrons. The molecular formula is C15H18N2O4. The smallest absolute Gasteiger partial charge is 0.272 e. The maximum atomic E-state index is 11.0. The average Bonchev–Trinajstić information content (AvgIpc) is 2.98. The molecule has 2 aromatic rings. The summed E-state index contributed by atoms with van der Waals surface area (Å²) in [6.45, 7) is 3.51. The SMILES string of the molecule is Cc1c(C(C)NC(CO)c2ccco2)cccc1[N+](=O)[O-]. The highest BCUT2D eigenvalue weighted by atomic mass is 16.6. The molecule has 0 spiro atoms. The van der Waals surface area contributed by atoms with E-state index in [1.807, 2.05) is 13.0 Å². The lowest BCUT2D eigenvalue weighted by Gasteiger charge is -2.21. The largest absolute Gasteiger partial charge is 0.468 e. The summed E-state index contributed by atoms with van der Waals surface area (Å²) in [7, 11) is 0. The van der Waals surface area contributed by atoms with Gasteiger partial charge >= 0.3 is 0 Å². The summed E-state index contributed by atoms with van der Waals surface area (Å²) in [5, 5.41) is 23.7. The predicted molar refractivity (Wildman–Crippen MR) is 77.9 cm³/mol. The fraction of sp³-hybridized carbons (Fsp3) is 0.333. The van der Waals surface area contributed by atoms with Crippen molar-refractivity contribution in [1.82, 2.24) is 5.32 Å². The number of nitrogens with zero attached hydrogens (tertiary/aromatic N) is 1. The van der Waals surface area contributed by atoms with Crippen molar-refractivity contribution in [2.24, 2.45) is 0 Å². The zero-order valence-corrected chi connectivity index (χ0v) is 11.9. The molecule has 2 unspecified atom stereocenters. The number of benzene rings is 1. The number of rotatable bonds is 6. The lowest BCUT2D eigenvalue weighted by molar-refractivity contribution is -0.385. The highest BCUT2D eigenvalue weighted by Crippen LogP contribution is 2.27. The second kappa shape index (κ2) is 6.51. The molecular weight excluding hydrogens is 272 g/mol. The third kappa shape index (κ3) is 3.29. The first kappa shape index (κ1) is 15.2. The van der Waals surface area contributed by atoms with Crippen LogP contribution in [0.1, 0.15) is 35.9 Å². The predicted octanol–water partition coefficient (Wildman–Crippen LogP) is 2.88. The highest BCUT2D eigenvalue weighted by molar-refractivity contribution is 5.45. The minimum atomic E-state index is -0.387. The van der Waals surface area contributed by atoms with Crippen molar-refractivity contribution in [2.75, 3.05) is 6.61 Å². The number of nitrogens with one attached hydrogen (secondary N) is 1. The van der Waals surface area contributed by atoms with Crippen LogP contribution >= 0.6 is 0 Å². The number of aliphatic hydroxyl groups excluding tert-OH is 1. The van der Waals surface area contributed by atoms with Crippen LogP contribution in [0.15, 0.2) is 41.0 Å². The molecule has 21 heavy (non-hydrogen) atoms. The van der Waals surface area contributed by atoms with Gasteiger partial charge in [-0.15, -0.1) is 0 Å². The molecule has 6 heteroatoms. The summed E-state index contributed by atoms with van der Waals surface area (Å²) in [5.41, 5.74) is 1.55. The molecule has 0 amide bonds. The number of aliphatic hydroxyl groups is 1. The Hall–Kier alpha value is -2.18. The summed E-state index contributed by atoms with van der Waals surface area (Å²) in [5.74, 6) is 0.632. The van der Waals surface area contributed by atoms with Crippen molar-refractivity contribution >= 4 is 5.69 Å². The molecule has 0 bridgehead atoms. The van der Waals surface area contributed by atoms with Crippen molar-refractivity contribution in [1.29, 1.82) is 0 Å². The lowest BCUT2D eigenvalue weighted by Crippen LogP contribution is -2.27. The van der Waals surface area contributed by atoms with E-state index in [9.17, 15) is 15.2 Å². The summed E-state index contributed by atoms with van der Waals surface area (Å²) < 4.78 is 5.28. The Morgan fingerprint density at radius 1 is 1.38 bits per heavy atom. The average molecular weight is 290 g/mol. The van der Waals surface area contributed by atoms with Crippen molar-refractivity contribution in [3.63, 3.8) is 0 Å². The van der Waals surface area contributed by atoms with Crippen LogP contribution < -0.4 is 5.32 Å². The molecule has 1 aromatic carbocycles. The molecule has 2 rings (SSSR count). The zero-order chi connectivity index (χ0) is 15.4. The van der Waals surface area contributed by atoms with Gasteiger partial charge in [-0.2, -0.15) is 0 Å². The van der Waals surface area contributed by atoms with Crippen LogP contribution in [-0.2, 0) is 0 Å². The summed E-state index contributed by atoms with van der Waals surface area (Å²) in [6, 6.07) is 8.02. The first-order valence-corrected chi connectivity index (χ1v) is 6.68.